The molecule has 110 valence electrons. The van der Waals surface area contributed by atoms with E-state index in [9.17, 15) is 0 Å². The Bertz CT molecular complexity index is 406. The van der Waals surface area contributed by atoms with Gasteiger partial charge < -0.3 is 4.74 Å². The maximum atomic E-state index is 6.33. The van der Waals surface area contributed by atoms with Crippen LogP contribution in [0.1, 0.15) is 62.5 Å². The molecular weight excluding hydrogens is 244 g/mol. The van der Waals surface area contributed by atoms with Crippen LogP contribution in [-0.2, 0) is 10.3 Å². The summed E-state index contributed by atoms with van der Waals surface area (Å²) in [5, 5.41) is 0. The van der Waals surface area contributed by atoms with Gasteiger partial charge in [0.15, 0.2) is 0 Å². The molecule has 0 unspecified atom stereocenters. The predicted octanol–water partition coefficient (Wildman–Crippen LogP) is 5.22. The highest BCUT2D eigenvalue weighted by Gasteiger charge is 2.48. The van der Waals surface area contributed by atoms with Crippen LogP contribution in [0.15, 0.2) is 24.3 Å². The Labute approximate surface area is 123 Å². The first-order valence-corrected chi connectivity index (χ1v) is 8.39. The maximum Gasteiger partial charge on any atom is 0.0983 e. The van der Waals surface area contributed by atoms with E-state index in [0.29, 0.717) is 0 Å². The third kappa shape index (κ3) is 2.30. The van der Waals surface area contributed by atoms with Crippen LogP contribution in [0, 0.1) is 18.8 Å². The lowest BCUT2D eigenvalue weighted by atomic mass is 9.70. The lowest BCUT2D eigenvalue weighted by Gasteiger charge is -2.43. The quantitative estimate of drug-likeness (QED) is 0.730. The highest BCUT2D eigenvalue weighted by molar-refractivity contribution is 5.29. The van der Waals surface area contributed by atoms with Crippen molar-refractivity contribution in [1.82, 2.24) is 0 Å². The van der Waals surface area contributed by atoms with Gasteiger partial charge in [-0.15, -0.1) is 0 Å². The normalized spacial score (nSPS) is 21.7. The van der Waals surface area contributed by atoms with Crippen molar-refractivity contribution in [2.75, 3.05) is 7.11 Å². The summed E-state index contributed by atoms with van der Waals surface area (Å²) in [5.41, 5.74) is 2.77. The fraction of sp³-hybridized carbons (Fsp3) is 0.684. The van der Waals surface area contributed by atoms with Crippen LogP contribution < -0.4 is 0 Å². The summed E-state index contributed by atoms with van der Waals surface area (Å²) >= 11 is 0. The maximum absolute atomic E-state index is 6.33. The van der Waals surface area contributed by atoms with Crippen molar-refractivity contribution in [3.05, 3.63) is 35.4 Å². The molecule has 2 fully saturated rings. The summed E-state index contributed by atoms with van der Waals surface area (Å²) in [6.07, 6.45) is 10.9. The lowest BCUT2D eigenvalue weighted by Crippen LogP contribution is -2.42. The second kappa shape index (κ2) is 5.89. The average molecular weight is 272 g/mol. The fourth-order valence-corrected chi connectivity index (χ4v) is 4.78. The molecule has 0 saturated heterocycles. The monoisotopic (exact) mass is 272 g/mol. The molecule has 2 aliphatic rings. The number of benzene rings is 1. The zero-order chi connectivity index (χ0) is 14.0. The second-order valence-electron chi connectivity index (χ2n) is 6.83. The van der Waals surface area contributed by atoms with E-state index in [1.807, 2.05) is 7.11 Å². The number of rotatable bonds is 4. The molecule has 2 saturated carbocycles. The third-order valence-electron chi connectivity index (χ3n) is 5.76. The predicted molar refractivity (Wildman–Crippen MR) is 83.8 cm³/mol. The first-order chi connectivity index (χ1) is 9.77. The summed E-state index contributed by atoms with van der Waals surface area (Å²) in [4.78, 5) is 0. The van der Waals surface area contributed by atoms with Gasteiger partial charge in [0, 0.05) is 7.11 Å². The van der Waals surface area contributed by atoms with E-state index in [1.54, 1.807) is 0 Å². The molecule has 0 radical (unpaired) electrons. The van der Waals surface area contributed by atoms with Crippen molar-refractivity contribution >= 4 is 0 Å². The summed E-state index contributed by atoms with van der Waals surface area (Å²) in [5.74, 6) is 1.44. The first-order valence-electron chi connectivity index (χ1n) is 8.39. The molecule has 3 rings (SSSR count). The van der Waals surface area contributed by atoms with Crippen molar-refractivity contribution in [3.63, 3.8) is 0 Å². The zero-order valence-electron chi connectivity index (χ0n) is 13.0. The van der Waals surface area contributed by atoms with E-state index in [2.05, 4.69) is 31.2 Å². The van der Waals surface area contributed by atoms with Crippen molar-refractivity contribution in [2.45, 2.75) is 63.9 Å². The molecule has 0 amide bonds. The SMILES string of the molecule is COC(c1ccc(C)cc1)(C1CCCC1)C1CCCC1. The van der Waals surface area contributed by atoms with Crippen LogP contribution in [0.25, 0.3) is 0 Å². The van der Waals surface area contributed by atoms with E-state index < -0.39 is 0 Å². The Hall–Kier alpha value is -0.820. The van der Waals surface area contributed by atoms with Crippen LogP contribution in [0.2, 0.25) is 0 Å². The molecule has 1 aromatic rings. The van der Waals surface area contributed by atoms with E-state index in [-0.39, 0.29) is 5.60 Å². The smallest absolute Gasteiger partial charge is 0.0983 e. The van der Waals surface area contributed by atoms with Gasteiger partial charge >= 0.3 is 0 Å². The standard InChI is InChI=1S/C19H28O/c1-15-11-13-18(14-12-15)19(20-2,16-7-3-4-8-16)17-9-5-6-10-17/h11-14,16-17H,3-10H2,1-2H3. The van der Waals surface area contributed by atoms with Crippen molar-refractivity contribution in [2.24, 2.45) is 11.8 Å². The van der Waals surface area contributed by atoms with E-state index in [4.69, 9.17) is 4.74 Å². The molecule has 0 N–H and O–H groups in total. The van der Waals surface area contributed by atoms with E-state index >= 15 is 0 Å². The van der Waals surface area contributed by atoms with Crippen LogP contribution in [0.5, 0.6) is 0 Å². The lowest BCUT2D eigenvalue weighted by molar-refractivity contribution is -0.107. The Balaban J connectivity index is 2.02. The van der Waals surface area contributed by atoms with Gasteiger partial charge in [-0.1, -0.05) is 55.5 Å². The number of hydrogen-bond acceptors (Lipinski definition) is 1. The van der Waals surface area contributed by atoms with Crippen LogP contribution >= 0.6 is 0 Å². The van der Waals surface area contributed by atoms with Gasteiger partial charge in [0.1, 0.15) is 0 Å². The van der Waals surface area contributed by atoms with Gasteiger partial charge in [0.25, 0.3) is 0 Å². The van der Waals surface area contributed by atoms with Gasteiger partial charge in [-0.2, -0.15) is 0 Å². The molecule has 1 aromatic carbocycles. The second-order valence-corrected chi connectivity index (χ2v) is 6.83. The third-order valence-corrected chi connectivity index (χ3v) is 5.76. The van der Waals surface area contributed by atoms with Crippen molar-refractivity contribution < 1.29 is 4.74 Å². The minimum Gasteiger partial charge on any atom is -0.373 e. The number of aryl methyl sites for hydroxylation is 1. The van der Waals surface area contributed by atoms with E-state index in [0.717, 1.165) is 11.8 Å². The molecule has 1 nitrogen and oxygen atoms in total. The zero-order valence-corrected chi connectivity index (χ0v) is 13.0. The Morgan fingerprint density at radius 1 is 0.850 bits per heavy atom. The highest BCUT2D eigenvalue weighted by Crippen LogP contribution is 2.52. The van der Waals surface area contributed by atoms with Crippen molar-refractivity contribution in [1.29, 1.82) is 0 Å². The van der Waals surface area contributed by atoms with Gasteiger partial charge in [-0.3, -0.25) is 0 Å². The Morgan fingerprint density at radius 2 is 1.30 bits per heavy atom. The van der Waals surface area contributed by atoms with Gasteiger partial charge in [0.05, 0.1) is 5.60 Å². The number of methoxy groups -OCH3 is 1. The average Bonchev–Trinajstić information content (AvgIpc) is 3.15. The molecule has 20 heavy (non-hydrogen) atoms. The Kier molecular flexibility index (Phi) is 4.16. The fourth-order valence-electron chi connectivity index (χ4n) is 4.78. The van der Waals surface area contributed by atoms with E-state index in [1.165, 1.54) is 62.5 Å². The van der Waals surface area contributed by atoms with Gasteiger partial charge in [0.2, 0.25) is 0 Å². The molecule has 0 aliphatic heterocycles. The van der Waals surface area contributed by atoms with Crippen LogP contribution in [-0.4, -0.2) is 7.11 Å². The first kappa shape index (κ1) is 14.1. The van der Waals surface area contributed by atoms with Gasteiger partial charge in [-0.05, 0) is 50.0 Å². The largest absolute Gasteiger partial charge is 0.373 e. The van der Waals surface area contributed by atoms with Crippen LogP contribution in [0.4, 0.5) is 0 Å². The topological polar surface area (TPSA) is 9.23 Å². The van der Waals surface area contributed by atoms with Crippen molar-refractivity contribution in [3.8, 4) is 0 Å². The summed E-state index contributed by atoms with van der Waals surface area (Å²) in [6, 6.07) is 9.17. The molecule has 0 spiro atoms. The molecule has 0 heterocycles. The molecule has 0 atom stereocenters. The molecular formula is C19H28O. The number of ether oxygens (including phenoxy) is 1. The summed E-state index contributed by atoms with van der Waals surface area (Å²) < 4.78 is 6.33. The minimum absolute atomic E-state index is 0.0132. The Morgan fingerprint density at radius 3 is 1.70 bits per heavy atom. The summed E-state index contributed by atoms with van der Waals surface area (Å²) in [7, 11) is 1.95. The molecule has 2 aliphatic carbocycles. The molecule has 1 heteroatoms. The minimum atomic E-state index is -0.0132. The highest BCUT2D eigenvalue weighted by atomic mass is 16.5. The number of hydrogen-bond donors (Lipinski definition) is 0. The van der Waals surface area contributed by atoms with Crippen LogP contribution in [0.3, 0.4) is 0 Å². The molecule has 0 bridgehead atoms. The van der Waals surface area contributed by atoms with Gasteiger partial charge in [-0.25, -0.2) is 0 Å². The molecule has 0 aromatic heterocycles. The summed E-state index contributed by atoms with van der Waals surface area (Å²) in [6.45, 7) is 2.17.